The molecular weight excluding hydrogens is 462 g/mol. The fraction of sp³-hybridized carbons (Fsp3) is 0.238. The topological polar surface area (TPSA) is 123 Å². The molecule has 4 heterocycles. The Hall–Kier alpha value is -3.24. The van der Waals surface area contributed by atoms with Crippen LogP contribution in [0.5, 0.6) is 0 Å². The molecule has 1 saturated heterocycles. The lowest BCUT2D eigenvalue weighted by Crippen LogP contribution is -2.36. The first-order valence-corrected chi connectivity index (χ1v) is 10.8. The molecule has 9 nitrogen and oxygen atoms in total. The number of imidazole rings is 1. The Morgan fingerprint density at radius 2 is 2.03 bits per heavy atom. The highest BCUT2D eigenvalue weighted by molar-refractivity contribution is 9.10. The molecule has 0 radical (unpaired) electrons. The average Bonchev–Trinajstić information content (AvgIpc) is 3.41. The second kappa shape index (κ2) is 8.12. The third kappa shape index (κ3) is 4.17. The molecule has 0 bridgehead atoms. The first-order valence-electron chi connectivity index (χ1n) is 9.96. The van der Waals surface area contributed by atoms with Gasteiger partial charge in [-0.05, 0) is 43.2 Å². The fourth-order valence-corrected chi connectivity index (χ4v) is 3.97. The van der Waals surface area contributed by atoms with Gasteiger partial charge < -0.3 is 20.3 Å². The van der Waals surface area contributed by atoms with Gasteiger partial charge in [0.15, 0.2) is 11.6 Å². The molecule has 0 atom stereocenters. The van der Waals surface area contributed by atoms with Gasteiger partial charge in [-0.3, -0.25) is 9.89 Å². The second-order valence-corrected chi connectivity index (χ2v) is 8.41. The Kier molecular flexibility index (Phi) is 5.16. The standard InChI is InChI=1S/C21H20BrN7O2/c22-13-2-3-15-16(9-13)25-20(24-15)17-10-18(28-27-17)26-21(31)12-1-4-19(23-11-12)29-7-5-14(30)6-8-29/h1-4,9-11,14,30H,5-8H2,(H,24,25)(H2,26,27,28,31). The zero-order chi connectivity index (χ0) is 21.4. The van der Waals surface area contributed by atoms with E-state index in [0.29, 0.717) is 22.9 Å². The number of aliphatic hydroxyl groups excluding tert-OH is 1. The maximum absolute atomic E-state index is 12.6. The van der Waals surface area contributed by atoms with Crippen LogP contribution >= 0.6 is 15.9 Å². The van der Waals surface area contributed by atoms with Gasteiger partial charge in [-0.15, -0.1) is 0 Å². The molecular formula is C21H20BrN7O2. The molecule has 5 rings (SSSR count). The Labute approximate surface area is 186 Å². The van der Waals surface area contributed by atoms with E-state index in [1.807, 2.05) is 24.3 Å². The first-order chi connectivity index (χ1) is 15.0. The molecule has 0 aliphatic carbocycles. The summed E-state index contributed by atoms with van der Waals surface area (Å²) in [6.07, 6.45) is 2.78. The average molecular weight is 482 g/mol. The van der Waals surface area contributed by atoms with Crippen LogP contribution < -0.4 is 10.2 Å². The van der Waals surface area contributed by atoms with Crippen molar-refractivity contribution in [2.45, 2.75) is 18.9 Å². The number of anilines is 2. The van der Waals surface area contributed by atoms with Gasteiger partial charge in [-0.1, -0.05) is 15.9 Å². The minimum absolute atomic E-state index is 0.235. The number of H-pyrrole nitrogens is 2. The third-order valence-electron chi connectivity index (χ3n) is 5.32. The number of nitrogens with zero attached hydrogens (tertiary/aromatic N) is 4. The van der Waals surface area contributed by atoms with Crippen molar-refractivity contribution in [2.75, 3.05) is 23.3 Å². The summed E-state index contributed by atoms with van der Waals surface area (Å²) >= 11 is 3.45. The molecule has 0 saturated carbocycles. The van der Waals surface area contributed by atoms with Crippen molar-refractivity contribution in [2.24, 2.45) is 0 Å². The number of rotatable bonds is 4. The Morgan fingerprint density at radius 1 is 1.19 bits per heavy atom. The smallest absolute Gasteiger partial charge is 0.258 e. The second-order valence-electron chi connectivity index (χ2n) is 7.49. The highest BCUT2D eigenvalue weighted by atomic mass is 79.9. The SMILES string of the molecule is O=C(Nc1cc(-c2nc3ccc(Br)cc3[nH]2)[nH]n1)c1ccc(N2CCC(O)CC2)nc1. The van der Waals surface area contributed by atoms with Crippen molar-refractivity contribution in [3.8, 4) is 11.5 Å². The van der Waals surface area contributed by atoms with Crippen LogP contribution in [0.15, 0.2) is 47.1 Å². The van der Waals surface area contributed by atoms with Gasteiger partial charge in [0.05, 0.1) is 22.7 Å². The maximum Gasteiger partial charge on any atom is 0.258 e. The van der Waals surface area contributed by atoms with E-state index in [0.717, 1.165) is 47.3 Å². The van der Waals surface area contributed by atoms with Crippen LogP contribution in [0.4, 0.5) is 11.6 Å². The van der Waals surface area contributed by atoms with E-state index in [2.05, 4.69) is 51.3 Å². The molecule has 3 aromatic heterocycles. The lowest BCUT2D eigenvalue weighted by Gasteiger charge is -2.30. The number of hydrogen-bond donors (Lipinski definition) is 4. The van der Waals surface area contributed by atoms with Crippen LogP contribution in [-0.4, -0.2) is 55.4 Å². The fourth-order valence-electron chi connectivity index (χ4n) is 3.61. The lowest BCUT2D eigenvalue weighted by atomic mass is 10.1. The van der Waals surface area contributed by atoms with E-state index in [1.54, 1.807) is 18.3 Å². The predicted octanol–water partition coefficient (Wildman–Crippen LogP) is 3.32. The number of amides is 1. The first kappa shape index (κ1) is 19.7. The molecule has 0 unspecified atom stereocenters. The van der Waals surface area contributed by atoms with Gasteiger partial charge in [0.1, 0.15) is 11.5 Å². The third-order valence-corrected chi connectivity index (χ3v) is 5.81. The van der Waals surface area contributed by atoms with Gasteiger partial charge in [-0.2, -0.15) is 5.10 Å². The molecule has 1 aliphatic heterocycles. The number of aliphatic hydroxyl groups is 1. The molecule has 1 aromatic carbocycles. The number of carbonyl (C=O) groups is 1. The van der Waals surface area contributed by atoms with E-state index >= 15 is 0 Å². The number of aromatic amines is 2. The van der Waals surface area contributed by atoms with Crippen LogP contribution in [0.25, 0.3) is 22.6 Å². The normalized spacial score (nSPS) is 14.8. The van der Waals surface area contributed by atoms with Crippen molar-refractivity contribution in [1.82, 2.24) is 25.1 Å². The van der Waals surface area contributed by atoms with Crippen molar-refractivity contribution in [3.63, 3.8) is 0 Å². The lowest BCUT2D eigenvalue weighted by molar-refractivity contribution is 0.102. The number of benzene rings is 1. The molecule has 158 valence electrons. The summed E-state index contributed by atoms with van der Waals surface area (Å²) in [5, 5.41) is 19.5. The Balaban J connectivity index is 1.27. The zero-order valence-electron chi connectivity index (χ0n) is 16.5. The Morgan fingerprint density at radius 3 is 2.81 bits per heavy atom. The number of aromatic nitrogens is 5. The van der Waals surface area contributed by atoms with Gasteiger partial charge in [0.2, 0.25) is 0 Å². The molecule has 4 N–H and O–H groups in total. The summed E-state index contributed by atoms with van der Waals surface area (Å²) in [6.45, 7) is 1.52. The molecule has 1 aliphatic rings. The highest BCUT2D eigenvalue weighted by Gasteiger charge is 2.18. The molecule has 1 fully saturated rings. The van der Waals surface area contributed by atoms with Crippen molar-refractivity contribution >= 4 is 44.5 Å². The van der Waals surface area contributed by atoms with E-state index < -0.39 is 0 Å². The van der Waals surface area contributed by atoms with Crippen LogP contribution in [0.2, 0.25) is 0 Å². The van der Waals surface area contributed by atoms with Crippen LogP contribution in [0, 0.1) is 0 Å². The molecule has 10 heteroatoms. The summed E-state index contributed by atoms with van der Waals surface area (Å²) in [6, 6.07) is 11.1. The minimum atomic E-state index is -0.292. The zero-order valence-corrected chi connectivity index (χ0v) is 18.1. The monoisotopic (exact) mass is 481 g/mol. The van der Waals surface area contributed by atoms with Crippen molar-refractivity contribution in [1.29, 1.82) is 0 Å². The molecule has 4 aromatic rings. The van der Waals surface area contributed by atoms with E-state index in [-0.39, 0.29) is 12.0 Å². The van der Waals surface area contributed by atoms with Crippen LogP contribution in [0.3, 0.4) is 0 Å². The number of carbonyl (C=O) groups excluding carboxylic acids is 1. The number of fused-ring (bicyclic) bond motifs is 1. The minimum Gasteiger partial charge on any atom is -0.393 e. The number of pyridine rings is 1. The van der Waals surface area contributed by atoms with Crippen LogP contribution in [0.1, 0.15) is 23.2 Å². The number of halogens is 1. The van der Waals surface area contributed by atoms with E-state index in [9.17, 15) is 9.90 Å². The molecule has 1 amide bonds. The maximum atomic E-state index is 12.6. The summed E-state index contributed by atoms with van der Waals surface area (Å²) in [5.41, 5.74) is 2.86. The molecule has 0 spiro atoms. The van der Waals surface area contributed by atoms with Crippen molar-refractivity contribution in [3.05, 3.63) is 52.6 Å². The molecule has 31 heavy (non-hydrogen) atoms. The van der Waals surface area contributed by atoms with Gasteiger partial charge in [-0.25, -0.2) is 9.97 Å². The van der Waals surface area contributed by atoms with E-state index in [4.69, 9.17) is 0 Å². The number of nitrogens with one attached hydrogen (secondary N) is 3. The highest BCUT2D eigenvalue weighted by Crippen LogP contribution is 2.24. The summed E-state index contributed by atoms with van der Waals surface area (Å²) in [7, 11) is 0. The Bertz CT molecular complexity index is 1230. The van der Waals surface area contributed by atoms with Crippen molar-refractivity contribution < 1.29 is 9.90 Å². The largest absolute Gasteiger partial charge is 0.393 e. The summed E-state index contributed by atoms with van der Waals surface area (Å²) < 4.78 is 0.963. The van der Waals surface area contributed by atoms with Gasteiger partial charge >= 0.3 is 0 Å². The van der Waals surface area contributed by atoms with Gasteiger partial charge in [0.25, 0.3) is 5.91 Å². The number of piperidine rings is 1. The quantitative estimate of drug-likeness (QED) is 0.354. The predicted molar refractivity (Wildman–Crippen MR) is 121 cm³/mol. The van der Waals surface area contributed by atoms with Crippen LogP contribution in [-0.2, 0) is 0 Å². The number of hydrogen-bond acceptors (Lipinski definition) is 6. The van der Waals surface area contributed by atoms with Gasteiger partial charge in [0, 0.05) is 29.8 Å². The summed E-state index contributed by atoms with van der Waals surface area (Å²) in [4.78, 5) is 26.9. The summed E-state index contributed by atoms with van der Waals surface area (Å²) in [5.74, 6) is 1.55. The van der Waals surface area contributed by atoms with E-state index in [1.165, 1.54) is 0 Å².